The van der Waals surface area contributed by atoms with E-state index in [9.17, 15) is 0 Å². The minimum atomic E-state index is 0.788. The quantitative estimate of drug-likeness (QED) is 0.871. The summed E-state index contributed by atoms with van der Waals surface area (Å²) < 4.78 is 0. The summed E-state index contributed by atoms with van der Waals surface area (Å²) in [5.41, 5.74) is 4.64. The van der Waals surface area contributed by atoms with Crippen molar-refractivity contribution in [3.63, 3.8) is 0 Å². The number of aromatic nitrogens is 2. The lowest BCUT2D eigenvalue weighted by Gasteiger charge is -2.07. The average molecular weight is 227 g/mol. The van der Waals surface area contributed by atoms with Crippen molar-refractivity contribution >= 4 is 0 Å². The van der Waals surface area contributed by atoms with E-state index in [-0.39, 0.29) is 0 Å². The maximum atomic E-state index is 4.45. The number of hydrogen-bond acceptors (Lipinski definition) is 3. The van der Waals surface area contributed by atoms with E-state index in [4.69, 9.17) is 0 Å². The molecule has 88 valence electrons. The highest BCUT2D eigenvalue weighted by Crippen LogP contribution is 2.04. The van der Waals surface area contributed by atoms with E-state index in [0.29, 0.717) is 0 Å². The summed E-state index contributed by atoms with van der Waals surface area (Å²) in [6.45, 7) is 5.73. The number of hydrogen-bond donors (Lipinski definition) is 1. The molecule has 0 saturated heterocycles. The maximum Gasteiger partial charge on any atom is 0.0544 e. The van der Waals surface area contributed by atoms with E-state index < -0.39 is 0 Å². The van der Waals surface area contributed by atoms with Crippen LogP contribution in [0.4, 0.5) is 0 Å². The molecule has 0 aliphatic heterocycles. The largest absolute Gasteiger partial charge is 0.307 e. The van der Waals surface area contributed by atoms with Crippen LogP contribution in [0.3, 0.4) is 0 Å². The summed E-state index contributed by atoms with van der Waals surface area (Å²) in [5.74, 6) is 0. The Labute approximate surface area is 102 Å². The summed E-state index contributed by atoms with van der Waals surface area (Å²) in [6, 6.07) is 8.11. The molecular weight excluding hydrogens is 210 g/mol. The van der Waals surface area contributed by atoms with Crippen LogP contribution >= 0.6 is 0 Å². The van der Waals surface area contributed by atoms with Gasteiger partial charge >= 0.3 is 0 Å². The van der Waals surface area contributed by atoms with Crippen LogP contribution in [-0.4, -0.2) is 9.97 Å². The SMILES string of the molecule is Cc1cccc(CNCc2cnccc2C)n1. The van der Waals surface area contributed by atoms with Crippen molar-refractivity contribution < 1.29 is 0 Å². The van der Waals surface area contributed by atoms with Gasteiger partial charge in [0.2, 0.25) is 0 Å². The molecule has 17 heavy (non-hydrogen) atoms. The van der Waals surface area contributed by atoms with Crippen molar-refractivity contribution in [1.82, 2.24) is 15.3 Å². The van der Waals surface area contributed by atoms with Gasteiger partial charge in [-0.1, -0.05) is 6.07 Å². The topological polar surface area (TPSA) is 37.8 Å². The van der Waals surface area contributed by atoms with Crippen molar-refractivity contribution in [3.05, 3.63) is 59.2 Å². The molecule has 0 fully saturated rings. The second-order valence-corrected chi connectivity index (χ2v) is 4.18. The van der Waals surface area contributed by atoms with Crippen LogP contribution in [0.1, 0.15) is 22.5 Å². The Balaban J connectivity index is 1.90. The molecule has 0 radical (unpaired) electrons. The number of pyridine rings is 2. The first-order valence-electron chi connectivity index (χ1n) is 5.78. The van der Waals surface area contributed by atoms with Crippen LogP contribution in [0, 0.1) is 13.8 Å². The van der Waals surface area contributed by atoms with Gasteiger partial charge in [0.25, 0.3) is 0 Å². The third-order valence-electron chi connectivity index (χ3n) is 2.72. The predicted molar refractivity (Wildman–Crippen MR) is 68.5 cm³/mol. The molecule has 1 N–H and O–H groups in total. The fourth-order valence-corrected chi connectivity index (χ4v) is 1.70. The summed E-state index contributed by atoms with van der Waals surface area (Å²) in [4.78, 5) is 8.58. The zero-order chi connectivity index (χ0) is 12.1. The second-order valence-electron chi connectivity index (χ2n) is 4.18. The lowest BCUT2D eigenvalue weighted by molar-refractivity contribution is 0.674. The molecule has 3 nitrogen and oxygen atoms in total. The highest BCUT2D eigenvalue weighted by molar-refractivity contribution is 5.21. The smallest absolute Gasteiger partial charge is 0.0544 e. The van der Waals surface area contributed by atoms with Crippen molar-refractivity contribution in [3.8, 4) is 0 Å². The zero-order valence-electron chi connectivity index (χ0n) is 10.3. The minimum absolute atomic E-state index is 0.788. The van der Waals surface area contributed by atoms with Crippen molar-refractivity contribution in [2.24, 2.45) is 0 Å². The van der Waals surface area contributed by atoms with E-state index >= 15 is 0 Å². The summed E-state index contributed by atoms with van der Waals surface area (Å²) in [6.07, 6.45) is 3.73. The number of nitrogens with one attached hydrogen (secondary N) is 1. The molecular formula is C14H17N3. The molecule has 0 bridgehead atoms. The lowest BCUT2D eigenvalue weighted by Crippen LogP contribution is -2.14. The van der Waals surface area contributed by atoms with E-state index in [0.717, 1.165) is 24.5 Å². The van der Waals surface area contributed by atoms with Crippen LogP contribution in [0.5, 0.6) is 0 Å². The van der Waals surface area contributed by atoms with Crippen molar-refractivity contribution in [1.29, 1.82) is 0 Å². The maximum absolute atomic E-state index is 4.45. The number of aryl methyl sites for hydroxylation is 2. The van der Waals surface area contributed by atoms with Gasteiger partial charge in [-0.3, -0.25) is 9.97 Å². The van der Waals surface area contributed by atoms with Gasteiger partial charge < -0.3 is 5.32 Å². The van der Waals surface area contributed by atoms with Gasteiger partial charge in [0.1, 0.15) is 0 Å². The third-order valence-corrected chi connectivity index (χ3v) is 2.72. The van der Waals surface area contributed by atoms with Gasteiger partial charge in [-0.25, -0.2) is 0 Å². The van der Waals surface area contributed by atoms with E-state index in [1.165, 1.54) is 11.1 Å². The Morgan fingerprint density at radius 3 is 2.76 bits per heavy atom. The fourth-order valence-electron chi connectivity index (χ4n) is 1.70. The molecule has 0 saturated carbocycles. The molecule has 2 aromatic rings. The molecule has 2 aromatic heterocycles. The molecule has 0 aliphatic rings. The van der Waals surface area contributed by atoms with Crippen LogP contribution in [0.25, 0.3) is 0 Å². The Kier molecular flexibility index (Phi) is 3.83. The molecule has 2 heterocycles. The van der Waals surface area contributed by atoms with Gasteiger partial charge in [-0.15, -0.1) is 0 Å². The summed E-state index contributed by atoms with van der Waals surface area (Å²) in [5, 5.41) is 3.38. The van der Waals surface area contributed by atoms with Crippen LogP contribution < -0.4 is 5.32 Å². The highest BCUT2D eigenvalue weighted by Gasteiger charge is 1.98. The standard InChI is InChI=1S/C14H17N3/c1-11-6-7-15-8-13(11)9-16-10-14-5-3-4-12(2)17-14/h3-8,16H,9-10H2,1-2H3. The third kappa shape index (κ3) is 3.36. The molecule has 0 spiro atoms. The summed E-state index contributed by atoms with van der Waals surface area (Å²) >= 11 is 0. The van der Waals surface area contributed by atoms with E-state index in [2.05, 4.69) is 22.2 Å². The van der Waals surface area contributed by atoms with Crippen molar-refractivity contribution in [2.45, 2.75) is 26.9 Å². The van der Waals surface area contributed by atoms with Crippen LogP contribution in [0.2, 0.25) is 0 Å². The average Bonchev–Trinajstić information content (AvgIpc) is 2.32. The Bertz CT molecular complexity index is 494. The van der Waals surface area contributed by atoms with E-state index in [1.54, 1.807) is 0 Å². The first-order chi connectivity index (χ1) is 8.25. The number of rotatable bonds is 4. The molecule has 0 aliphatic carbocycles. The summed E-state index contributed by atoms with van der Waals surface area (Å²) in [7, 11) is 0. The highest BCUT2D eigenvalue weighted by atomic mass is 14.9. The van der Waals surface area contributed by atoms with Gasteiger partial charge in [-0.05, 0) is 43.2 Å². The van der Waals surface area contributed by atoms with Crippen LogP contribution in [0.15, 0.2) is 36.7 Å². The fraction of sp³-hybridized carbons (Fsp3) is 0.286. The Hall–Kier alpha value is -1.74. The molecule has 0 atom stereocenters. The normalized spacial score (nSPS) is 10.5. The van der Waals surface area contributed by atoms with Gasteiger partial charge in [0.05, 0.1) is 5.69 Å². The lowest BCUT2D eigenvalue weighted by atomic mass is 10.1. The van der Waals surface area contributed by atoms with Gasteiger partial charge in [-0.2, -0.15) is 0 Å². The Morgan fingerprint density at radius 2 is 2.00 bits per heavy atom. The first kappa shape index (κ1) is 11.7. The van der Waals surface area contributed by atoms with Gasteiger partial charge in [0.15, 0.2) is 0 Å². The monoisotopic (exact) mass is 227 g/mol. The van der Waals surface area contributed by atoms with Crippen LogP contribution in [-0.2, 0) is 13.1 Å². The molecule has 0 unspecified atom stereocenters. The predicted octanol–water partition coefficient (Wildman–Crippen LogP) is 2.38. The molecule has 0 aromatic carbocycles. The second kappa shape index (κ2) is 5.55. The molecule has 3 heteroatoms. The van der Waals surface area contributed by atoms with Gasteiger partial charge in [0, 0.05) is 31.2 Å². The molecule has 2 rings (SSSR count). The Morgan fingerprint density at radius 1 is 1.12 bits per heavy atom. The van der Waals surface area contributed by atoms with E-state index in [1.807, 2.05) is 43.6 Å². The van der Waals surface area contributed by atoms with Crippen molar-refractivity contribution in [2.75, 3.05) is 0 Å². The zero-order valence-corrected chi connectivity index (χ0v) is 10.3. The minimum Gasteiger partial charge on any atom is -0.307 e. The first-order valence-corrected chi connectivity index (χ1v) is 5.78. The number of nitrogens with zero attached hydrogens (tertiary/aromatic N) is 2. The molecule has 0 amide bonds.